The summed E-state index contributed by atoms with van der Waals surface area (Å²) in [7, 11) is 1.99. The molecule has 23 heavy (non-hydrogen) atoms. The lowest BCUT2D eigenvalue weighted by Crippen LogP contribution is -2.29. The molecular weight excluding hydrogens is 399 g/mol. The molecule has 2 aromatic rings. The summed E-state index contributed by atoms with van der Waals surface area (Å²) in [5.74, 6) is 0. The van der Waals surface area contributed by atoms with Gasteiger partial charge < -0.3 is 10.5 Å². The molecule has 0 spiro atoms. The molecule has 0 aliphatic rings. The highest BCUT2D eigenvalue weighted by molar-refractivity contribution is 9.10. The van der Waals surface area contributed by atoms with Gasteiger partial charge in [0.25, 0.3) is 0 Å². The zero-order valence-corrected chi connectivity index (χ0v) is 16.2. The minimum atomic E-state index is -0.0505. The first kappa shape index (κ1) is 22.4. The third-order valence-electron chi connectivity index (χ3n) is 3.34. The molecular formula is C17H23BrCl2N2O. The molecule has 0 saturated heterocycles. The monoisotopic (exact) mass is 420 g/mol. The van der Waals surface area contributed by atoms with E-state index < -0.39 is 0 Å². The Kier molecular flexibility index (Phi) is 11.5. The lowest BCUT2D eigenvalue weighted by Gasteiger charge is -2.21. The van der Waals surface area contributed by atoms with Crippen molar-refractivity contribution < 1.29 is 4.74 Å². The van der Waals surface area contributed by atoms with E-state index >= 15 is 0 Å². The number of likely N-dealkylation sites (N-methyl/N-ethyl adjacent to an activating group) is 1. The maximum atomic E-state index is 6.11. The van der Waals surface area contributed by atoms with E-state index in [1.54, 1.807) is 0 Å². The zero-order valence-electron chi connectivity index (χ0n) is 13.0. The van der Waals surface area contributed by atoms with Crippen LogP contribution in [0.4, 0.5) is 0 Å². The van der Waals surface area contributed by atoms with Crippen LogP contribution < -0.4 is 5.73 Å². The predicted molar refractivity (Wildman–Crippen MR) is 105 cm³/mol. The molecule has 0 aromatic heterocycles. The van der Waals surface area contributed by atoms with Gasteiger partial charge in [-0.1, -0.05) is 58.4 Å². The second-order valence-electron chi connectivity index (χ2n) is 4.98. The van der Waals surface area contributed by atoms with Crippen molar-refractivity contribution in [2.24, 2.45) is 5.73 Å². The van der Waals surface area contributed by atoms with Gasteiger partial charge in [0.2, 0.25) is 0 Å². The fourth-order valence-corrected chi connectivity index (χ4v) is 2.33. The summed E-state index contributed by atoms with van der Waals surface area (Å²) >= 11 is 3.47. The Morgan fingerprint density at radius 3 is 2.13 bits per heavy atom. The molecule has 1 atom stereocenters. The third-order valence-corrected chi connectivity index (χ3v) is 3.87. The van der Waals surface area contributed by atoms with Gasteiger partial charge in [-0.3, -0.25) is 4.90 Å². The Bertz CT molecular complexity index is 540. The molecule has 6 heteroatoms. The van der Waals surface area contributed by atoms with Crippen LogP contribution in [0.25, 0.3) is 0 Å². The van der Waals surface area contributed by atoms with E-state index in [-0.39, 0.29) is 30.9 Å². The minimum absolute atomic E-state index is 0. The summed E-state index contributed by atoms with van der Waals surface area (Å²) in [5.41, 5.74) is 7.91. The van der Waals surface area contributed by atoms with Gasteiger partial charge in [-0.05, 0) is 30.3 Å². The molecule has 2 N–H and O–H groups in total. The van der Waals surface area contributed by atoms with Crippen molar-refractivity contribution in [3.63, 3.8) is 0 Å². The minimum Gasteiger partial charge on any atom is -0.367 e. The van der Waals surface area contributed by atoms with Crippen LogP contribution in [0.2, 0.25) is 0 Å². The van der Waals surface area contributed by atoms with E-state index in [1.165, 1.54) is 0 Å². The highest BCUT2D eigenvalue weighted by Crippen LogP contribution is 2.27. The van der Waals surface area contributed by atoms with Crippen LogP contribution in [0.15, 0.2) is 59.1 Å². The quantitative estimate of drug-likeness (QED) is 0.679. The molecule has 1 unspecified atom stereocenters. The molecule has 0 radical (unpaired) electrons. The number of hydrogen-bond donors (Lipinski definition) is 1. The predicted octanol–water partition coefficient (Wildman–Crippen LogP) is 4.25. The van der Waals surface area contributed by atoms with Crippen molar-refractivity contribution in [2.45, 2.75) is 6.10 Å². The fourth-order valence-electron chi connectivity index (χ4n) is 2.07. The maximum absolute atomic E-state index is 6.11. The van der Waals surface area contributed by atoms with Crippen LogP contribution >= 0.6 is 40.7 Å². The highest BCUT2D eigenvalue weighted by atomic mass is 79.9. The number of nitrogens with two attached hydrogens (primary N) is 1. The van der Waals surface area contributed by atoms with Crippen molar-refractivity contribution in [2.75, 3.05) is 26.9 Å². The summed E-state index contributed by atoms with van der Waals surface area (Å²) in [6.07, 6.45) is -0.0505. The number of rotatable bonds is 7. The van der Waals surface area contributed by atoms with Crippen molar-refractivity contribution in [3.8, 4) is 0 Å². The Morgan fingerprint density at radius 2 is 1.57 bits per heavy atom. The summed E-state index contributed by atoms with van der Waals surface area (Å²) < 4.78 is 7.18. The number of nitrogens with zero attached hydrogens (tertiary/aromatic N) is 1. The Morgan fingerprint density at radius 1 is 1.00 bits per heavy atom. The Labute approximate surface area is 159 Å². The van der Waals surface area contributed by atoms with Crippen LogP contribution in [-0.4, -0.2) is 31.8 Å². The first-order chi connectivity index (χ1) is 10.2. The first-order valence-corrected chi connectivity index (χ1v) is 7.80. The normalized spacial score (nSPS) is 11.5. The second-order valence-corrected chi connectivity index (χ2v) is 5.89. The summed E-state index contributed by atoms with van der Waals surface area (Å²) in [6.45, 7) is 2.00. The number of ether oxygens (including phenoxy) is 1. The number of halogens is 3. The van der Waals surface area contributed by atoms with E-state index in [2.05, 4.69) is 40.2 Å². The SMILES string of the molecule is CN(CN)CCOC(c1ccccc1)c1ccc(Br)cc1.Cl.Cl. The van der Waals surface area contributed by atoms with Crippen LogP contribution in [0.3, 0.4) is 0 Å². The number of benzene rings is 2. The average molecular weight is 422 g/mol. The molecule has 2 aromatic carbocycles. The molecule has 0 amide bonds. The first-order valence-electron chi connectivity index (χ1n) is 7.01. The van der Waals surface area contributed by atoms with E-state index in [0.717, 1.165) is 22.1 Å². The largest absolute Gasteiger partial charge is 0.367 e. The van der Waals surface area contributed by atoms with E-state index in [9.17, 15) is 0 Å². The average Bonchev–Trinajstić information content (AvgIpc) is 2.53. The molecule has 2 rings (SSSR count). The van der Waals surface area contributed by atoms with Crippen LogP contribution in [0.5, 0.6) is 0 Å². The molecule has 128 valence electrons. The lowest BCUT2D eigenvalue weighted by molar-refractivity contribution is 0.0652. The number of hydrogen-bond acceptors (Lipinski definition) is 3. The van der Waals surface area contributed by atoms with Crippen molar-refractivity contribution >= 4 is 40.7 Å². The van der Waals surface area contributed by atoms with Gasteiger partial charge in [-0.15, -0.1) is 24.8 Å². The molecule has 0 aliphatic heterocycles. The Balaban J connectivity index is 0.00000242. The van der Waals surface area contributed by atoms with Gasteiger partial charge in [-0.2, -0.15) is 0 Å². The van der Waals surface area contributed by atoms with Gasteiger partial charge in [0.05, 0.1) is 6.61 Å². The van der Waals surface area contributed by atoms with Gasteiger partial charge in [0.15, 0.2) is 0 Å². The molecule has 0 heterocycles. The topological polar surface area (TPSA) is 38.5 Å². The fraction of sp³-hybridized carbons (Fsp3) is 0.294. The van der Waals surface area contributed by atoms with E-state index in [0.29, 0.717) is 13.3 Å². The van der Waals surface area contributed by atoms with Crippen molar-refractivity contribution in [3.05, 3.63) is 70.2 Å². The molecule has 0 aliphatic carbocycles. The zero-order chi connectivity index (χ0) is 15.1. The standard InChI is InChI=1S/C17H21BrN2O.2ClH/c1-20(13-19)11-12-21-17(14-5-3-2-4-6-14)15-7-9-16(18)10-8-15;;/h2-10,17H,11-13,19H2,1H3;2*1H. The second kappa shape index (κ2) is 11.8. The van der Waals surface area contributed by atoms with Gasteiger partial charge in [-0.25, -0.2) is 0 Å². The van der Waals surface area contributed by atoms with Gasteiger partial charge >= 0.3 is 0 Å². The summed E-state index contributed by atoms with van der Waals surface area (Å²) in [5, 5.41) is 0. The van der Waals surface area contributed by atoms with Crippen LogP contribution in [0.1, 0.15) is 17.2 Å². The molecule has 3 nitrogen and oxygen atoms in total. The smallest absolute Gasteiger partial charge is 0.108 e. The lowest BCUT2D eigenvalue weighted by atomic mass is 10.0. The van der Waals surface area contributed by atoms with Crippen molar-refractivity contribution in [1.29, 1.82) is 0 Å². The van der Waals surface area contributed by atoms with Gasteiger partial charge in [0.1, 0.15) is 6.10 Å². The molecule has 0 saturated carbocycles. The summed E-state index contributed by atoms with van der Waals surface area (Å²) in [6, 6.07) is 18.6. The van der Waals surface area contributed by atoms with Gasteiger partial charge in [0, 0.05) is 17.7 Å². The van der Waals surface area contributed by atoms with Crippen LogP contribution in [-0.2, 0) is 4.74 Å². The Hall–Kier alpha value is -0.620. The van der Waals surface area contributed by atoms with Crippen molar-refractivity contribution in [1.82, 2.24) is 4.90 Å². The summed E-state index contributed by atoms with van der Waals surface area (Å²) in [4.78, 5) is 2.03. The van der Waals surface area contributed by atoms with E-state index in [1.807, 2.05) is 42.3 Å². The molecule has 0 fully saturated rings. The van der Waals surface area contributed by atoms with Crippen LogP contribution in [0, 0.1) is 0 Å². The highest BCUT2D eigenvalue weighted by Gasteiger charge is 2.14. The third kappa shape index (κ3) is 7.21. The van der Waals surface area contributed by atoms with E-state index in [4.69, 9.17) is 10.5 Å². The molecule has 0 bridgehead atoms. The maximum Gasteiger partial charge on any atom is 0.108 e.